The number of rotatable bonds is 4. The molecule has 2 rings (SSSR count). The molecule has 1 aliphatic rings. The van der Waals surface area contributed by atoms with Crippen molar-refractivity contribution in [1.82, 2.24) is 15.5 Å². The maximum Gasteiger partial charge on any atom is 0.490 e. The Labute approximate surface area is 140 Å². The number of halogens is 3. The first-order valence-electron chi connectivity index (χ1n) is 7.24. The van der Waals surface area contributed by atoms with E-state index < -0.39 is 18.2 Å². The number of nitrogens with zero attached hydrogens (tertiary/aromatic N) is 2. The fraction of sp³-hybridized carbons (Fsp3) is 0.692. The molecule has 1 aliphatic carbocycles. The van der Waals surface area contributed by atoms with Crippen LogP contribution in [0.15, 0.2) is 4.42 Å². The highest BCUT2D eigenvalue weighted by molar-refractivity contribution is 5.73. The fourth-order valence-electron chi connectivity index (χ4n) is 2.27. The zero-order chi connectivity index (χ0) is 19.0. The Bertz CT molecular complexity index is 570. The molecule has 0 unspecified atom stereocenters. The van der Waals surface area contributed by atoms with Crippen LogP contribution in [0.4, 0.5) is 18.0 Å². The van der Waals surface area contributed by atoms with Crippen molar-refractivity contribution in [1.29, 1.82) is 0 Å². The third kappa shape index (κ3) is 7.37. The second kappa shape index (κ2) is 9.20. The second-order valence-electron chi connectivity index (χ2n) is 5.27. The molecule has 142 valence electrons. The van der Waals surface area contributed by atoms with Gasteiger partial charge in [0.2, 0.25) is 11.8 Å². The number of carboxylic acids is 1. The quantitative estimate of drug-likeness (QED) is 0.735. The van der Waals surface area contributed by atoms with E-state index in [9.17, 15) is 18.0 Å². The summed E-state index contributed by atoms with van der Waals surface area (Å²) in [6, 6.07) is 0.0418. The second-order valence-corrected chi connectivity index (χ2v) is 5.27. The molecule has 25 heavy (non-hydrogen) atoms. The Hall–Kier alpha value is -2.37. The topological polar surface area (TPSA) is 135 Å². The Morgan fingerprint density at radius 2 is 1.80 bits per heavy atom. The van der Waals surface area contributed by atoms with Gasteiger partial charge in [-0.25, -0.2) is 9.59 Å². The molecule has 0 aliphatic heterocycles. The smallest absolute Gasteiger partial charge is 0.475 e. The van der Waals surface area contributed by atoms with Crippen LogP contribution < -0.4 is 5.32 Å². The number of methoxy groups -OCH3 is 1. The van der Waals surface area contributed by atoms with Gasteiger partial charge in [0.25, 0.3) is 0 Å². The largest absolute Gasteiger partial charge is 0.490 e. The number of carbonyl (C=O) groups is 2. The van der Waals surface area contributed by atoms with Crippen LogP contribution in [0.2, 0.25) is 0 Å². The lowest BCUT2D eigenvalue weighted by molar-refractivity contribution is -0.192. The van der Waals surface area contributed by atoms with Crippen LogP contribution in [0.3, 0.4) is 0 Å². The molecule has 1 aromatic rings. The fourth-order valence-corrected chi connectivity index (χ4v) is 2.27. The summed E-state index contributed by atoms with van der Waals surface area (Å²) in [5, 5.41) is 26.2. The van der Waals surface area contributed by atoms with Gasteiger partial charge in [0.05, 0.1) is 0 Å². The first-order chi connectivity index (χ1) is 11.6. The maximum atomic E-state index is 10.6. The summed E-state index contributed by atoms with van der Waals surface area (Å²) in [6.07, 6.45) is -2.71. The normalized spacial score (nSPS) is 20.3. The lowest BCUT2D eigenvalue weighted by Crippen LogP contribution is -2.36. The van der Waals surface area contributed by atoms with Crippen LogP contribution in [0.5, 0.6) is 0 Å². The summed E-state index contributed by atoms with van der Waals surface area (Å²) in [4.78, 5) is 19.4. The average molecular weight is 369 g/mol. The van der Waals surface area contributed by atoms with Gasteiger partial charge in [0.1, 0.15) is 6.61 Å². The zero-order valence-corrected chi connectivity index (χ0v) is 13.2. The minimum Gasteiger partial charge on any atom is -0.475 e. The number of aromatic nitrogens is 2. The minimum atomic E-state index is -5.08. The molecule has 0 saturated heterocycles. The lowest BCUT2D eigenvalue weighted by Gasteiger charge is -2.26. The van der Waals surface area contributed by atoms with Gasteiger partial charge in [-0.3, -0.25) is 0 Å². The van der Waals surface area contributed by atoms with Gasteiger partial charge >= 0.3 is 18.2 Å². The Morgan fingerprint density at radius 3 is 2.24 bits per heavy atom. The molecule has 3 N–H and O–H groups in total. The van der Waals surface area contributed by atoms with Gasteiger partial charge < -0.3 is 24.7 Å². The molecule has 1 saturated carbocycles. The molecule has 0 spiro atoms. The number of hydrogen-bond acceptors (Lipinski definition) is 6. The highest BCUT2D eigenvalue weighted by Gasteiger charge is 2.38. The first-order valence-corrected chi connectivity index (χ1v) is 7.24. The van der Waals surface area contributed by atoms with Gasteiger partial charge in [-0.05, 0) is 25.7 Å². The molecule has 1 heterocycles. The van der Waals surface area contributed by atoms with Gasteiger partial charge in [-0.2, -0.15) is 13.2 Å². The van der Waals surface area contributed by atoms with Crippen LogP contribution in [-0.4, -0.2) is 51.8 Å². The molecule has 1 aromatic heterocycles. The van der Waals surface area contributed by atoms with Crippen LogP contribution in [0.1, 0.15) is 43.4 Å². The molecule has 0 atom stereocenters. The van der Waals surface area contributed by atoms with E-state index >= 15 is 0 Å². The average Bonchev–Trinajstić information content (AvgIpc) is 2.96. The summed E-state index contributed by atoms with van der Waals surface area (Å²) < 4.78 is 42.1. The van der Waals surface area contributed by atoms with E-state index in [0.29, 0.717) is 18.4 Å². The van der Waals surface area contributed by atoms with E-state index in [2.05, 4.69) is 15.5 Å². The molecule has 1 amide bonds. The first kappa shape index (κ1) is 20.7. The Kier molecular flexibility index (Phi) is 7.61. The lowest BCUT2D eigenvalue weighted by atomic mass is 9.86. The van der Waals surface area contributed by atoms with E-state index in [0.717, 1.165) is 25.7 Å². The summed E-state index contributed by atoms with van der Waals surface area (Å²) in [5.41, 5.74) is 0. The molecule has 12 heteroatoms. The SMILES string of the molecule is COCc1nnc(C2CCC(NC(=O)O)CC2)o1.O=C(O)C(F)(F)F. The number of aliphatic carboxylic acids is 1. The van der Waals surface area contributed by atoms with Crippen molar-refractivity contribution in [2.45, 2.75) is 50.4 Å². The van der Waals surface area contributed by atoms with Crippen molar-refractivity contribution >= 4 is 12.1 Å². The minimum absolute atomic E-state index is 0.0418. The number of carboxylic acid groups (broad SMARTS) is 2. The van der Waals surface area contributed by atoms with Crippen LogP contribution >= 0.6 is 0 Å². The molecule has 1 fully saturated rings. The number of ether oxygens (including phenoxy) is 1. The molecular weight excluding hydrogens is 351 g/mol. The molecular formula is C13H18F3N3O6. The van der Waals surface area contributed by atoms with E-state index in [1.165, 1.54) is 0 Å². The molecule has 0 radical (unpaired) electrons. The number of nitrogens with one attached hydrogen (secondary N) is 1. The van der Waals surface area contributed by atoms with Crippen LogP contribution in [-0.2, 0) is 16.1 Å². The summed E-state index contributed by atoms with van der Waals surface area (Å²) >= 11 is 0. The van der Waals surface area contributed by atoms with Gasteiger partial charge in [-0.1, -0.05) is 0 Å². The van der Waals surface area contributed by atoms with Gasteiger partial charge in [0, 0.05) is 19.1 Å². The molecule has 0 aromatic carbocycles. The number of alkyl halides is 3. The molecule has 0 bridgehead atoms. The van der Waals surface area contributed by atoms with Crippen molar-refractivity contribution in [3.63, 3.8) is 0 Å². The monoisotopic (exact) mass is 369 g/mol. The number of hydrogen-bond donors (Lipinski definition) is 3. The van der Waals surface area contributed by atoms with Gasteiger partial charge in [-0.15, -0.1) is 10.2 Å². The summed E-state index contributed by atoms with van der Waals surface area (Å²) in [5.74, 6) is -1.41. The highest BCUT2D eigenvalue weighted by atomic mass is 19.4. The van der Waals surface area contributed by atoms with Crippen molar-refractivity contribution in [3.8, 4) is 0 Å². The van der Waals surface area contributed by atoms with E-state index in [4.69, 9.17) is 24.2 Å². The highest BCUT2D eigenvalue weighted by Crippen LogP contribution is 2.32. The number of amides is 1. The van der Waals surface area contributed by atoms with Crippen molar-refractivity contribution in [2.75, 3.05) is 7.11 Å². The maximum absolute atomic E-state index is 10.6. The predicted octanol–water partition coefficient (Wildman–Crippen LogP) is 2.14. The third-order valence-electron chi connectivity index (χ3n) is 3.40. The van der Waals surface area contributed by atoms with Crippen molar-refractivity contribution in [2.24, 2.45) is 0 Å². The standard InChI is InChI=1S/C11H17N3O4.C2HF3O2/c1-17-6-9-13-14-10(18-9)7-2-4-8(5-3-7)12-11(15)16;3-2(4,5)1(6)7/h7-8,12H,2-6H2,1H3,(H,15,16);(H,6,7). The van der Waals surface area contributed by atoms with E-state index in [-0.39, 0.29) is 12.0 Å². The Balaban J connectivity index is 0.000000381. The molecule has 9 nitrogen and oxygen atoms in total. The third-order valence-corrected chi connectivity index (χ3v) is 3.40. The van der Waals surface area contributed by atoms with Gasteiger partial charge in [0.15, 0.2) is 0 Å². The van der Waals surface area contributed by atoms with Crippen LogP contribution in [0, 0.1) is 0 Å². The summed E-state index contributed by atoms with van der Waals surface area (Å²) in [7, 11) is 1.58. The zero-order valence-electron chi connectivity index (χ0n) is 13.2. The van der Waals surface area contributed by atoms with Crippen LogP contribution in [0.25, 0.3) is 0 Å². The Morgan fingerprint density at radius 1 is 1.24 bits per heavy atom. The van der Waals surface area contributed by atoms with E-state index in [1.54, 1.807) is 7.11 Å². The van der Waals surface area contributed by atoms with E-state index in [1.807, 2.05) is 0 Å². The summed E-state index contributed by atoms with van der Waals surface area (Å²) in [6.45, 7) is 0.322. The van der Waals surface area contributed by atoms with Crippen molar-refractivity contribution in [3.05, 3.63) is 11.8 Å². The van der Waals surface area contributed by atoms with Crippen molar-refractivity contribution < 1.29 is 42.1 Å². The predicted molar refractivity (Wildman–Crippen MR) is 74.9 cm³/mol.